The summed E-state index contributed by atoms with van der Waals surface area (Å²) in [5.41, 5.74) is 2.66. The molecule has 0 spiro atoms. The summed E-state index contributed by atoms with van der Waals surface area (Å²) in [5, 5.41) is 3.70. The second-order valence-corrected chi connectivity index (χ2v) is 8.03. The Morgan fingerprint density at radius 1 is 0.929 bits per heavy atom. The van der Waals surface area contributed by atoms with Gasteiger partial charge < -0.3 is 0 Å². The molecule has 3 rings (SSSR count). The van der Waals surface area contributed by atoms with Crippen molar-refractivity contribution in [1.29, 1.82) is 0 Å². The molecule has 1 fully saturated rings. The van der Waals surface area contributed by atoms with Crippen LogP contribution in [0.5, 0.6) is 0 Å². The molecular formula is C23H35N5. The van der Waals surface area contributed by atoms with Crippen molar-refractivity contribution in [3.05, 3.63) is 60.2 Å². The van der Waals surface area contributed by atoms with E-state index in [0.717, 1.165) is 51.9 Å². The number of hydrogen-bond donors (Lipinski definition) is 1. The van der Waals surface area contributed by atoms with E-state index < -0.39 is 0 Å². The molecular weight excluding hydrogens is 346 g/mol. The van der Waals surface area contributed by atoms with Crippen LogP contribution in [0.2, 0.25) is 0 Å². The SMILES string of the molecule is CNC1(C(C)C)N(CCCc2cccnc2)CCN1CCCc1cccnc1. The maximum atomic E-state index is 4.24. The van der Waals surface area contributed by atoms with Gasteiger partial charge in [-0.25, -0.2) is 0 Å². The minimum absolute atomic E-state index is 0.0517. The number of pyridine rings is 2. The Hall–Kier alpha value is -1.82. The molecule has 5 nitrogen and oxygen atoms in total. The van der Waals surface area contributed by atoms with Gasteiger partial charge in [0, 0.05) is 51.0 Å². The predicted octanol–water partition coefficient (Wildman–Crippen LogP) is 3.19. The molecule has 28 heavy (non-hydrogen) atoms. The van der Waals surface area contributed by atoms with E-state index in [4.69, 9.17) is 0 Å². The fraction of sp³-hybridized carbons (Fsp3) is 0.565. The van der Waals surface area contributed by atoms with Gasteiger partial charge in [-0.15, -0.1) is 0 Å². The average molecular weight is 382 g/mol. The van der Waals surface area contributed by atoms with Gasteiger partial charge in [-0.05, 0) is 61.9 Å². The van der Waals surface area contributed by atoms with Gasteiger partial charge in [-0.1, -0.05) is 26.0 Å². The average Bonchev–Trinajstić information content (AvgIpc) is 3.08. The van der Waals surface area contributed by atoms with Gasteiger partial charge in [0.25, 0.3) is 0 Å². The van der Waals surface area contributed by atoms with E-state index in [1.165, 1.54) is 11.1 Å². The first kappa shape index (κ1) is 20.9. The highest BCUT2D eigenvalue weighted by molar-refractivity contribution is 5.09. The third kappa shape index (κ3) is 4.77. The lowest BCUT2D eigenvalue weighted by Crippen LogP contribution is -2.66. The monoisotopic (exact) mass is 381 g/mol. The molecule has 5 heteroatoms. The Balaban J connectivity index is 1.58. The number of nitrogens with zero attached hydrogens (tertiary/aromatic N) is 4. The molecule has 0 amide bonds. The molecule has 0 saturated carbocycles. The predicted molar refractivity (Wildman–Crippen MR) is 115 cm³/mol. The van der Waals surface area contributed by atoms with Crippen molar-refractivity contribution in [2.75, 3.05) is 33.2 Å². The number of aryl methyl sites for hydroxylation is 2. The van der Waals surface area contributed by atoms with Gasteiger partial charge in [0.1, 0.15) is 5.79 Å². The van der Waals surface area contributed by atoms with Crippen LogP contribution in [-0.4, -0.2) is 58.8 Å². The van der Waals surface area contributed by atoms with E-state index in [0.29, 0.717) is 5.92 Å². The van der Waals surface area contributed by atoms with Crippen LogP contribution < -0.4 is 5.32 Å². The van der Waals surface area contributed by atoms with Crippen molar-refractivity contribution in [2.24, 2.45) is 5.92 Å². The first-order chi connectivity index (χ1) is 13.7. The molecule has 0 atom stereocenters. The summed E-state index contributed by atoms with van der Waals surface area (Å²) in [6.45, 7) is 9.13. The molecule has 3 heterocycles. The molecule has 1 aliphatic rings. The Kier molecular flexibility index (Phi) is 7.54. The summed E-state index contributed by atoms with van der Waals surface area (Å²) < 4.78 is 0. The molecule has 2 aromatic heterocycles. The van der Waals surface area contributed by atoms with E-state index in [1.807, 2.05) is 36.9 Å². The van der Waals surface area contributed by atoms with Crippen LogP contribution >= 0.6 is 0 Å². The fourth-order valence-corrected chi connectivity index (χ4v) is 4.72. The first-order valence-corrected chi connectivity index (χ1v) is 10.6. The van der Waals surface area contributed by atoms with Crippen LogP contribution in [0.3, 0.4) is 0 Å². The summed E-state index contributed by atoms with van der Waals surface area (Å²) in [6.07, 6.45) is 12.2. The Morgan fingerprint density at radius 2 is 1.43 bits per heavy atom. The number of rotatable bonds is 10. The highest BCUT2D eigenvalue weighted by Gasteiger charge is 2.47. The van der Waals surface area contributed by atoms with Crippen LogP contribution in [0.4, 0.5) is 0 Å². The van der Waals surface area contributed by atoms with E-state index in [-0.39, 0.29) is 5.79 Å². The fourth-order valence-electron chi connectivity index (χ4n) is 4.72. The smallest absolute Gasteiger partial charge is 0.130 e. The van der Waals surface area contributed by atoms with Crippen molar-refractivity contribution in [1.82, 2.24) is 25.1 Å². The molecule has 1 aliphatic heterocycles. The summed E-state index contributed by atoms with van der Waals surface area (Å²) in [5.74, 6) is 0.459. The highest BCUT2D eigenvalue weighted by Crippen LogP contribution is 2.32. The third-order valence-corrected chi connectivity index (χ3v) is 6.01. The summed E-state index contributed by atoms with van der Waals surface area (Å²) in [7, 11) is 2.12. The van der Waals surface area contributed by atoms with Crippen LogP contribution in [0.25, 0.3) is 0 Å². The van der Waals surface area contributed by atoms with Crippen molar-refractivity contribution in [3.8, 4) is 0 Å². The van der Waals surface area contributed by atoms with E-state index >= 15 is 0 Å². The zero-order chi connectivity index (χ0) is 19.8. The maximum Gasteiger partial charge on any atom is 0.130 e. The molecule has 0 bridgehead atoms. The molecule has 0 radical (unpaired) electrons. The van der Waals surface area contributed by atoms with E-state index in [1.54, 1.807) is 0 Å². The minimum Gasteiger partial charge on any atom is -0.289 e. The van der Waals surface area contributed by atoms with Crippen LogP contribution in [0.1, 0.15) is 37.8 Å². The molecule has 1 saturated heterocycles. The molecule has 2 aromatic rings. The van der Waals surface area contributed by atoms with E-state index in [9.17, 15) is 0 Å². The summed E-state index contributed by atoms with van der Waals surface area (Å²) >= 11 is 0. The quantitative estimate of drug-likeness (QED) is 0.685. The Morgan fingerprint density at radius 3 is 1.79 bits per heavy atom. The van der Waals surface area contributed by atoms with Crippen LogP contribution in [0, 0.1) is 5.92 Å². The van der Waals surface area contributed by atoms with Gasteiger partial charge in [0.15, 0.2) is 0 Å². The van der Waals surface area contributed by atoms with Gasteiger partial charge >= 0.3 is 0 Å². The van der Waals surface area contributed by atoms with Gasteiger partial charge in [-0.2, -0.15) is 0 Å². The standard InChI is InChI=1S/C23H35N5/c1-20(2)23(24-3)27(14-6-10-21-8-4-12-25-18-21)16-17-28(23)15-7-11-22-9-5-13-26-19-22/h4-5,8-9,12-13,18-20,24H,6-7,10-11,14-17H2,1-3H3. The first-order valence-electron chi connectivity index (χ1n) is 10.6. The molecule has 0 unspecified atom stereocenters. The number of hydrogen-bond acceptors (Lipinski definition) is 5. The minimum atomic E-state index is -0.0517. The molecule has 1 N–H and O–H groups in total. The van der Waals surface area contributed by atoms with Crippen molar-refractivity contribution in [2.45, 2.75) is 45.3 Å². The van der Waals surface area contributed by atoms with Crippen molar-refractivity contribution >= 4 is 0 Å². The summed E-state index contributed by atoms with van der Waals surface area (Å²) in [6, 6.07) is 8.41. The second-order valence-electron chi connectivity index (χ2n) is 8.03. The van der Waals surface area contributed by atoms with Gasteiger partial charge in [0.2, 0.25) is 0 Å². The largest absolute Gasteiger partial charge is 0.289 e. The van der Waals surface area contributed by atoms with Crippen LogP contribution in [-0.2, 0) is 12.8 Å². The van der Waals surface area contributed by atoms with Crippen molar-refractivity contribution < 1.29 is 0 Å². The lowest BCUT2D eigenvalue weighted by molar-refractivity contribution is -0.0528. The lowest BCUT2D eigenvalue weighted by Gasteiger charge is -2.47. The zero-order valence-corrected chi connectivity index (χ0v) is 17.6. The number of nitrogens with one attached hydrogen (secondary N) is 1. The van der Waals surface area contributed by atoms with Crippen LogP contribution in [0.15, 0.2) is 49.1 Å². The maximum absolute atomic E-state index is 4.24. The highest BCUT2D eigenvalue weighted by atomic mass is 15.6. The molecule has 0 aromatic carbocycles. The van der Waals surface area contributed by atoms with Gasteiger partial charge in [0.05, 0.1) is 0 Å². The topological polar surface area (TPSA) is 44.3 Å². The van der Waals surface area contributed by atoms with Crippen molar-refractivity contribution in [3.63, 3.8) is 0 Å². The van der Waals surface area contributed by atoms with E-state index in [2.05, 4.69) is 58.1 Å². The Bertz CT molecular complexity index is 635. The summed E-state index contributed by atoms with van der Waals surface area (Å²) in [4.78, 5) is 13.8. The number of aromatic nitrogens is 2. The van der Waals surface area contributed by atoms with Gasteiger partial charge in [-0.3, -0.25) is 25.1 Å². The molecule has 0 aliphatic carbocycles. The normalized spacial score (nSPS) is 17.4. The second kappa shape index (κ2) is 10.1. The zero-order valence-electron chi connectivity index (χ0n) is 17.6. The Labute approximate surface area is 170 Å². The lowest BCUT2D eigenvalue weighted by atomic mass is 10.0. The third-order valence-electron chi connectivity index (χ3n) is 6.01. The molecule has 152 valence electrons.